The molecule has 4 heterocycles. The molecule has 19 heteroatoms. The Hall–Kier alpha value is -2.87. The molecule has 0 bridgehead atoms. The first-order chi connectivity index (χ1) is 17.7. The van der Waals surface area contributed by atoms with Crippen LogP contribution in [0.5, 0.6) is 0 Å². The number of anilines is 1. The molecule has 4 rings (SSSR count). The summed E-state index contributed by atoms with van der Waals surface area (Å²) in [6, 6.07) is -0.942. The summed E-state index contributed by atoms with van der Waals surface area (Å²) < 4.78 is 4.82. The van der Waals surface area contributed by atoms with Gasteiger partial charge in [-0.3, -0.25) is 19.9 Å². The number of hydrogen-bond donors (Lipinski definition) is 5. The molecule has 1 saturated heterocycles. The van der Waals surface area contributed by atoms with E-state index in [9.17, 15) is 19.5 Å². The fourth-order valence-electron chi connectivity index (χ4n) is 3.30. The smallest absolute Gasteiger partial charge is 0.352 e. The average molecular weight is 602 g/mol. The lowest BCUT2D eigenvalue weighted by molar-refractivity contribution is -0.150. The van der Waals surface area contributed by atoms with E-state index in [1.165, 1.54) is 52.7 Å². The number of nitrogen functional groups attached to an aromatic ring is 1. The predicted molar refractivity (Wildman–Crippen MR) is 143 cm³/mol. The van der Waals surface area contributed by atoms with Gasteiger partial charge in [0.05, 0.1) is 5.75 Å². The zero-order valence-electron chi connectivity index (χ0n) is 18.9. The van der Waals surface area contributed by atoms with Gasteiger partial charge in [0.1, 0.15) is 35.8 Å². The summed E-state index contributed by atoms with van der Waals surface area (Å²) in [5.41, 5.74) is 11.5. The fourth-order valence-corrected chi connectivity index (χ4v) is 7.71. The number of aromatic nitrogens is 3. The molecule has 2 aromatic heterocycles. The molecule has 0 spiro atoms. The van der Waals surface area contributed by atoms with E-state index >= 15 is 0 Å². The maximum atomic E-state index is 13.0. The lowest BCUT2D eigenvalue weighted by Crippen LogP contribution is -2.71. The van der Waals surface area contributed by atoms with E-state index in [-0.39, 0.29) is 33.8 Å². The van der Waals surface area contributed by atoms with Crippen LogP contribution in [0.2, 0.25) is 0 Å². The van der Waals surface area contributed by atoms with Gasteiger partial charge in [0, 0.05) is 16.9 Å². The number of nitrogens with one attached hydrogen (secondary N) is 2. The van der Waals surface area contributed by atoms with Gasteiger partial charge < -0.3 is 26.7 Å². The zero-order valence-corrected chi connectivity index (χ0v) is 22.9. The summed E-state index contributed by atoms with van der Waals surface area (Å²) >= 11 is 6.18. The zero-order chi connectivity index (χ0) is 26.7. The quantitative estimate of drug-likeness (QED) is 0.0778. The highest BCUT2D eigenvalue weighted by atomic mass is 32.2. The number of rotatable bonds is 11. The second-order valence-corrected chi connectivity index (χ2v) is 12.2. The monoisotopic (exact) mass is 601 g/mol. The number of nitrogens with two attached hydrogens (primary N) is 2. The van der Waals surface area contributed by atoms with E-state index < -0.39 is 29.2 Å². The molecule has 14 nitrogen and oxygen atoms in total. The standard InChI is InChI=1S/C18H19N9O5S5/c1-32-25-9(7-4-34-16(21)22-7)12(28)23-10-13(29)27-11(15(30)31)6(2-33-14(10)27)3-36-18-24-17(26-37-18)35-5-8(19)20/h4,10,14H,2-3,5H2,1H3,(H3,19,20)(H2,21,22)(H,23,28)(H,30,31)/b25-9-/t10?,14-/m1/s1. The molecule has 1 fully saturated rings. The van der Waals surface area contributed by atoms with Crippen LogP contribution in [0.4, 0.5) is 5.13 Å². The number of thiazole rings is 1. The van der Waals surface area contributed by atoms with Gasteiger partial charge in [-0.05, 0) is 17.1 Å². The van der Waals surface area contributed by atoms with Crippen molar-refractivity contribution in [3.8, 4) is 0 Å². The number of carboxylic acids is 1. The van der Waals surface area contributed by atoms with Crippen molar-refractivity contribution < 1.29 is 24.3 Å². The van der Waals surface area contributed by atoms with Crippen LogP contribution < -0.4 is 16.8 Å². The van der Waals surface area contributed by atoms with Crippen molar-refractivity contribution in [3.63, 3.8) is 0 Å². The minimum Gasteiger partial charge on any atom is -0.477 e. The number of β-lactam (4-membered cyclic amide) rings is 1. The van der Waals surface area contributed by atoms with E-state index in [0.29, 0.717) is 26.6 Å². The third-order valence-electron chi connectivity index (χ3n) is 4.81. The number of carbonyl (C=O) groups is 3. The van der Waals surface area contributed by atoms with Crippen LogP contribution in [0, 0.1) is 5.41 Å². The molecule has 196 valence electrons. The molecule has 2 aliphatic rings. The number of oxime groups is 1. The van der Waals surface area contributed by atoms with Crippen LogP contribution in [0.15, 0.2) is 31.3 Å². The normalized spacial score (nSPS) is 19.3. The third-order valence-corrected chi connectivity index (χ3v) is 9.76. The number of carbonyl (C=O) groups excluding carboxylic acids is 2. The van der Waals surface area contributed by atoms with Gasteiger partial charge in [-0.1, -0.05) is 28.7 Å². The van der Waals surface area contributed by atoms with E-state index in [0.717, 1.165) is 22.9 Å². The number of amides is 2. The second kappa shape index (κ2) is 11.7. The van der Waals surface area contributed by atoms with E-state index in [1.807, 2.05) is 0 Å². The van der Waals surface area contributed by atoms with Gasteiger partial charge in [0.2, 0.25) is 5.16 Å². The van der Waals surface area contributed by atoms with Crippen LogP contribution >= 0.6 is 58.2 Å². The molecular weight excluding hydrogens is 583 g/mol. The number of amidine groups is 1. The SMILES string of the molecule is CO/N=C(\C(=O)NC1C(=O)N2C(C(=O)O)=C(CSc3nc(SCC(=N)N)ns3)CS[C@H]12)c1csc(N)n1. The highest BCUT2D eigenvalue weighted by molar-refractivity contribution is 8.02. The van der Waals surface area contributed by atoms with Gasteiger partial charge in [-0.2, -0.15) is 4.37 Å². The topological polar surface area (TPSA) is 223 Å². The fraction of sp³-hybridized carbons (Fsp3) is 0.333. The molecule has 0 radical (unpaired) electrons. The van der Waals surface area contributed by atoms with Crippen LogP contribution in [0.1, 0.15) is 5.69 Å². The molecule has 0 aliphatic carbocycles. The van der Waals surface area contributed by atoms with Crippen molar-refractivity contribution in [2.45, 2.75) is 20.9 Å². The Balaban J connectivity index is 1.43. The van der Waals surface area contributed by atoms with Gasteiger partial charge in [-0.15, -0.1) is 23.1 Å². The molecule has 0 saturated carbocycles. The van der Waals surface area contributed by atoms with Crippen molar-refractivity contribution in [3.05, 3.63) is 22.3 Å². The molecule has 37 heavy (non-hydrogen) atoms. The van der Waals surface area contributed by atoms with Gasteiger partial charge in [0.15, 0.2) is 15.2 Å². The molecule has 7 N–H and O–H groups in total. The minimum atomic E-state index is -1.23. The molecule has 2 aromatic rings. The van der Waals surface area contributed by atoms with Crippen molar-refractivity contribution in [2.24, 2.45) is 10.9 Å². The number of nitrogens with zero attached hydrogens (tertiary/aromatic N) is 5. The number of fused-ring (bicyclic) bond motifs is 1. The Morgan fingerprint density at radius 3 is 2.84 bits per heavy atom. The number of hydrogen-bond acceptors (Lipinski definition) is 15. The molecular formula is C18H19N9O5S5. The Morgan fingerprint density at radius 1 is 1.41 bits per heavy atom. The lowest BCUT2D eigenvalue weighted by atomic mass is 10.0. The summed E-state index contributed by atoms with van der Waals surface area (Å²) in [6.45, 7) is 0. The van der Waals surface area contributed by atoms with E-state index in [2.05, 4.69) is 24.8 Å². The second-order valence-electron chi connectivity index (χ2n) is 7.26. The molecule has 2 amide bonds. The Labute approximate surface area is 230 Å². The Kier molecular flexibility index (Phi) is 8.57. The first-order valence-electron chi connectivity index (χ1n) is 10.1. The predicted octanol–water partition coefficient (Wildman–Crippen LogP) is 0.486. The van der Waals surface area contributed by atoms with Crippen LogP contribution in [0.3, 0.4) is 0 Å². The molecule has 1 unspecified atom stereocenters. The molecule has 2 aliphatic heterocycles. The van der Waals surface area contributed by atoms with Gasteiger partial charge >= 0.3 is 5.97 Å². The van der Waals surface area contributed by atoms with Crippen molar-refractivity contribution in [1.29, 1.82) is 5.41 Å². The summed E-state index contributed by atoms with van der Waals surface area (Å²) in [6.07, 6.45) is 0. The first-order valence-corrected chi connectivity index (χ1v) is 14.8. The number of carboxylic acid groups (broad SMARTS) is 1. The molecule has 0 aromatic carbocycles. The van der Waals surface area contributed by atoms with Crippen LogP contribution in [-0.2, 0) is 19.2 Å². The van der Waals surface area contributed by atoms with Gasteiger partial charge in [0.25, 0.3) is 11.8 Å². The van der Waals surface area contributed by atoms with Crippen molar-refractivity contribution in [1.82, 2.24) is 24.6 Å². The van der Waals surface area contributed by atoms with E-state index in [4.69, 9.17) is 21.7 Å². The van der Waals surface area contributed by atoms with Crippen molar-refractivity contribution in [2.75, 3.05) is 30.1 Å². The minimum absolute atomic E-state index is 0.0165. The summed E-state index contributed by atoms with van der Waals surface area (Å²) in [4.78, 5) is 52.2. The highest BCUT2D eigenvalue weighted by Gasteiger charge is 2.54. The number of aliphatic carboxylic acids is 1. The average Bonchev–Trinajstić information content (AvgIpc) is 3.50. The maximum Gasteiger partial charge on any atom is 0.352 e. The molecule has 2 atom stereocenters. The summed E-state index contributed by atoms with van der Waals surface area (Å²) in [7, 11) is 1.27. The van der Waals surface area contributed by atoms with E-state index in [1.54, 1.807) is 0 Å². The third kappa shape index (κ3) is 6.00. The lowest BCUT2D eigenvalue weighted by Gasteiger charge is -2.49. The highest BCUT2D eigenvalue weighted by Crippen LogP contribution is 2.42. The van der Waals surface area contributed by atoms with Crippen molar-refractivity contribution >= 4 is 92.6 Å². The largest absolute Gasteiger partial charge is 0.477 e. The Morgan fingerprint density at radius 2 is 2.19 bits per heavy atom. The van der Waals surface area contributed by atoms with Gasteiger partial charge in [-0.25, -0.2) is 14.8 Å². The maximum absolute atomic E-state index is 13.0. The van der Waals surface area contributed by atoms with Crippen LogP contribution in [0.25, 0.3) is 0 Å². The number of thioether (sulfide) groups is 3. The van der Waals surface area contributed by atoms with Crippen LogP contribution in [-0.4, -0.2) is 89.5 Å². The first kappa shape index (κ1) is 27.2. The Bertz CT molecular complexity index is 1310. The summed E-state index contributed by atoms with van der Waals surface area (Å²) in [5.74, 6) is -1.53. The summed E-state index contributed by atoms with van der Waals surface area (Å²) in [5, 5.41) is 25.1.